The molecule has 0 aliphatic heterocycles. The first-order valence-corrected chi connectivity index (χ1v) is 4.95. The van der Waals surface area contributed by atoms with Crippen LogP contribution in [-0.4, -0.2) is 4.92 Å². The van der Waals surface area contributed by atoms with Gasteiger partial charge in [-0.25, -0.2) is 8.78 Å². The molecule has 0 heterocycles. The second kappa shape index (κ2) is 4.79. The van der Waals surface area contributed by atoms with Crippen LogP contribution in [0.1, 0.15) is 0 Å². The van der Waals surface area contributed by atoms with Crippen LogP contribution in [0.25, 0.3) is 0 Å². The molecule has 0 bridgehead atoms. The Morgan fingerprint density at radius 2 is 1.67 bits per heavy atom. The van der Waals surface area contributed by atoms with Crippen molar-refractivity contribution in [2.75, 3.05) is 0 Å². The molecule has 0 saturated heterocycles. The third kappa shape index (κ3) is 2.27. The Morgan fingerprint density at radius 3 is 2.33 bits per heavy atom. The Balaban J connectivity index is 2.46. The van der Waals surface area contributed by atoms with Gasteiger partial charge in [0.2, 0.25) is 5.75 Å². The van der Waals surface area contributed by atoms with Gasteiger partial charge in [-0.05, 0) is 18.2 Å². The Morgan fingerprint density at radius 1 is 1.00 bits per heavy atom. The van der Waals surface area contributed by atoms with Crippen molar-refractivity contribution in [2.24, 2.45) is 0 Å². The summed E-state index contributed by atoms with van der Waals surface area (Å²) in [4.78, 5) is 9.92. The standard InChI is InChI=1S/C12H7F2NO3/c13-8-4-1-2-7-11(8)18-12-9(14)5-3-6-10(12)15(16)17/h1-7H. The fraction of sp³-hybridized carbons (Fsp3) is 0. The van der Waals surface area contributed by atoms with Gasteiger partial charge < -0.3 is 4.74 Å². The van der Waals surface area contributed by atoms with Gasteiger partial charge in [0, 0.05) is 6.07 Å². The highest BCUT2D eigenvalue weighted by Gasteiger charge is 2.21. The van der Waals surface area contributed by atoms with Gasteiger partial charge in [-0.1, -0.05) is 18.2 Å². The van der Waals surface area contributed by atoms with Crippen molar-refractivity contribution in [2.45, 2.75) is 0 Å². The van der Waals surface area contributed by atoms with E-state index in [1.165, 1.54) is 24.3 Å². The predicted molar refractivity (Wildman–Crippen MR) is 59.5 cm³/mol. The van der Waals surface area contributed by atoms with Crippen LogP contribution in [0.2, 0.25) is 0 Å². The van der Waals surface area contributed by atoms with Crippen molar-refractivity contribution >= 4 is 5.69 Å². The second-order valence-corrected chi connectivity index (χ2v) is 3.38. The van der Waals surface area contributed by atoms with E-state index < -0.39 is 28.0 Å². The van der Waals surface area contributed by atoms with Gasteiger partial charge >= 0.3 is 5.69 Å². The number of ether oxygens (including phenoxy) is 1. The molecule has 2 aromatic carbocycles. The first kappa shape index (κ1) is 12.0. The summed E-state index contributed by atoms with van der Waals surface area (Å²) in [6.45, 7) is 0. The van der Waals surface area contributed by atoms with Crippen LogP contribution < -0.4 is 4.74 Å². The molecule has 0 aliphatic rings. The molecule has 2 aromatic rings. The van der Waals surface area contributed by atoms with Crippen LogP contribution in [0, 0.1) is 21.7 Å². The second-order valence-electron chi connectivity index (χ2n) is 3.38. The Bertz CT molecular complexity index is 602. The minimum atomic E-state index is -0.924. The lowest BCUT2D eigenvalue weighted by atomic mass is 10.2. The van der Waals surface area contributed by atoms with Gasteiger partial charge in [-0.2, -0.15) is 0 Å². The summed E-state index contributed by atoms with van der Waals surface area (Å²) in [5.41, 5.74) is -0.557. The lowest BCUT2D eigenvalue weighted by molar-refractivity contribution is -0.385. The van der Waals surface area contributed by atoms with Crippen molar-refractivity contribution < 1.29 is 18.4 Å². The lowest BCUT2D eigenvalue weighted by Gasteiger charge is -2.07. The van der Waals surface area contributed by atoms with Crippen molar-refractivity contribution in [3.8, 4) is 11.5 Å². The summed E-state index contributed by atoms with van der Waals surface area (Å²) in [6.07, 6.45) is 0. The Hall–Kier alpha value is -2.50. The average molecular weight is 251 g/mol. The Kier molecular flexibility index (Phi) is 3.18. The number of nitrogens with zero attached hydrogens (tertiary/aromatic N) is 1. The van der Waals surface area contributed by atoms with Crippen molar-refractivity contribution in [3.63, 3.8) is 0 Å². The quantitative estimate of drug-likeness (QED) is 0.617. The van der Waals surface area contributed by atoms with E-state index in [4.69, 9.17) is 4.74 Å². The van der Waals surface area contributed by atoms with Crippen LogP contribution in [0.4, 0.5) is 14.5 Å². The molecule has 0 amide bonds. The molecule has 0 atom stereocenters. The summed E-state index contributed by atoms with van der Waals surface area (Å²) < 4.78 is 31.7. The largest absolute Gasteiger partial charge is 0.444 e. The van der Waals surface area contributed by atoms with Crippen LogP contribution in [0.15, 0.2) is 42.5 Å². The molecule has 2 rings (SSSR count). The molecule has 0 N–H and O–H groups in total. The molecule has 4 nitrogen and oxygen atoms in total. The highest BCUT2D eigenvalue weighted by Crippen LogP contribution is 2.34. The number of benzene rings is 2. The van der Waals surface area contributed by atoms with Gasteiger partial charge in [0.1, 0.15) is 0 Å². The minimum Gasteiger partial charge on any atom is -0.444 e. The summed E-state index contributed by atoms with van der Waals surface area (Å²) in [7, 11) is 0. The predicted octanol–water partition coefficient (Wildman–Crippen LogP) is 3.67. The number of halogens is 2. The highest BCUT2D eigenvalue weighted by molar-refractivity contribution is 5.49. The monoisotopic (exact) mass is 251 g/mol. The third-order valence-electron chi connectivity index (χ3n) is 2.19. The first-order chi connectivity index (χ1) is 8.59. The topological polar surface area (TPSA) is 52.4 Å². The van der Waals surface area contributed by atoms with Gasteiger partial charge in [-0.15, -0.1) is 0 Å². The SMILES string of the molecule is O=[N+]([O-])c1cccc(F)c1Oc1ccccc1F. The van der Waals surface area contributed by atoms with E-state index in [0.717, 1.165) is 18.2 Å². The molecule has 0 unspecified atom stereocenters. The molecular weight excluding hydrogens is 244 g/mol. The number of nitro groups is 1. The van der Waals surface area contributed by atoms with Crippen LogP contribution >= 0.6 is 0 Å². The van der Waals surface area contributed by atoms with E-state index in [1.54, 1.807) is 0 Å². The maximum Gasteiger partial charge on any atom is 0.314 e. The third-order valence-corrected chi connectivity index (χ3v) is 2.19. The number of rotatable bonds is 3. The summed E-state index contributed by atoms with van der Waals surface area (Å²) in [5, 5.41) is 10.7. The fourth-order valence-electron chi connectivity index (χ4n) is 1.38. The maximum absolute atomic E-state index is 13.5. The smallest absolute Gasteiger partial charge is 0.314 e. The molecule has 92 valence electrons. The minimum absolute atomic E-state index is 0.272. The fourth-order valence-corrected chi connectivity index (χ4v) is 1.38. The van der Waals surface area contributed by atoms with E-state index in [0.29, 0.717) is 0 Å². The lowest BCUT2D eigenvalue weighted by Crippen LogP contribution is -1.97. The van der Waals surface area contributed by atoms with E-state index >= 15 is 0 Å². The van der Waals surface area contributed by atoms with Crippen LogP contribution in [0.5, 0.6) is 11.5 Å². The van der Waals surface area contributed by atoms with E-state index in [2.05, 4.69) is 0 Å². The molecule has 0 spiro atoms. The molecule has 0 radical (unpaired) electrons. The molecule has 0 saturated carbocycles. The van der Waals surface area contributed by atoms with Gasteiger partial charge in [0.25, 0.3) is 0 Å². The normalized spacial score (nSPS) is 10.1. The molecular formula is C12H7F2NO3. The summed E-state index contributed by atoms with van der Waals surface area (Å²) in [6, 6.07) is 8.54. The zero-order valence-corrected chi connectivity index (χ0v) is 8.97. The van der Waals surface area contributed by atoms with E-state index in [9.17, 15) is 18.9 Å². The molecule has 18 heavy (non-hydrogen) atoms. The van der Waals surface area contributed by atoms with Crippen molar-refractivity contribution in [1.29, 1.82) is 0 Å². The molecule has 0 fully saturated rings. The highest BCUT2D eigenvalue weighted by atomic mass is 19.1. The molecule has 0 aliphatic carbocycles. The zero-order valence-electron chi connectivity index (χ0n) is 8.97. The van der Waals surface area contributed by atoms with Gasteiger partial charge in [0.05, 0.1) is 4.92 Å². The van der Waals surface area contributed by atoms with Crippen LogP contribution in [-0.2, 0) is 0 Å². The number of hydrogen-bond acceptors (Lipinski definition) is 3. The van der Waals surface area contributed by atoms with Crippen molar-refractivity contribution in [3.05, 3.63) is 64.2 Å². The first-order valence-electron chi connectivity index (χ1n) is 4.95. The van der Waals surface area contributed by atoms with E-state index in [-0.39, 0.29) is 5.75 Å². The van der Waals surface area contributed by atoms with E-state index in [1.807, 2.05) is 0 Å². The number of para-hydroxylation sites is 2. The number of hydrogen-bond donors (Lipinski definition) is 0. The molecule has 6 heteroatoms. The van der Waals surface area contributed by atoms with Crippen molar-refractivity contribution in [1.82, 2.24) is 0 Å². The van der Waals surface area contributed by atoms with Gasteiger partial charge in [-0.3, -0.25) is 10.1 Å². The van der Waals surface area contributed by atoms with Crippen LogP contribution in [0.3, 0.4) is 0 Å². The summed E-state index contributed by atoms with van der Waals surface area (Å²) >= 11 is 0. The average Bonchev–Trinajstić information content (AvgIpc) is 2.34. The maximum atomic E-state index is 13.5. The van der Waals surface area contributed by atoms with Gasteiger partial charge in [0.15, 0.2) is 17.4 Å². The molecule has 0 aromatic heterocycles. The zero-order chi connectivity index (χ0) is 13.1. The Labute approximate surface area is 101 Å². The summed E-state index contributed by atoms with van der Waals surface area (Å²) in [5.74, 6) is -2.53. The number of nitro benzene ring substituents is 1.